The molecule has 0 spiro atoms. The number of aromatic nitrogens is 2. The van der Waals surface area contributed by atoms with Gasteiger partial charge in [-0.3, -0.25) is 10.1 Å². The van der Waals surface area contributed by atoms with Gasteiger partial charge < -0.3 is 19.5 Å². The first kappa shape index (κ1) is 19.1. The number of hydrogen-bond donors (Lipinski definition) is 1. The van der Waals surface area contributed by atoms with Crippen molar-refractivity contribution in [2.24, 2.45) is 0 Å². The Kier molecular flexibility index (Phi) is 6.80. The van der Waals surface area contributed by atoms with Crippen molar-refractivity contribution in [3.63, 3.8) is 0 Å². The van der Waals surface area contributed by atoms with Crippen molar-refractivity contribution in [1.82, 2.24) is 9.97 Å². The van der Waals surface area contributed by atoms with Crippen LogP contribution in [0.2, 0.25) is 0 Å². The van der Waals surface area contributed by atoms with Crippen molar-refractivity contribution in [1.29, 1.82) is 0 Å². The second-order valence-corrected chi connectivity index (χ2v) is 5.02. The van der Waals surface area contributed by atoms with E-state index in [1.807, 2.05) is 0 Å². The van der Waals surface area contributed by atoms with Crippen LogP contribution in [0.25, 0.3) is 0 Å². The van der Waals surface area contributed by atoms with Crippen LogP contribution in [0.3, 0.4) is 0 Å². The number of hydrogen-bond acceptors (Lipinski definition) is 9. The molecule has 2 aromatic rings. The van der Waals surface area contributed by atoms with Crippen molar-refractivity contribution < 1.29 is 23.9 Å². The van der Waals surface area contributed by atoms with Gasteiger partial charge in [0.2, 0.25) is 5.82 Å². The molecule has 10 heteroatoms. The highest BCUT2D eigenvalue weighted by Crippen LogP contribution is 2.34. The Morgan fingerprint density at radius 1 is 1.23 bits per heavy atom. The van der Waals surface area contributed by atoms with Crippen molar-refractivity contribution in [2.45, 2.75) is 6.42 Å². The van der Waals surface area contributed by atoms with Gasteiger partial charge in [-0.05, 0) is 30.7 Å². The third-order valence-electron chi connectivity index (χ3n) is 3.28. The van der Waals surface area contributed by atoms with Gasteiger partial charge in [0.1, 0.15) is 12.1 Å². The van der Waals surface area contributed by atoms with E-state index in [1.54, 1.807) is 7.11 Å². The Balaban J connectivity index is 2.20. The highest BCUT2D eigenvalue weighted by atomic mass is 16.6. The van der Waals surface area contributed by atoms with Crippen molar-refractivity contribution in [3.8, 4) is 11.6 Å². The van der Waals surface area contributed by atoms with Gasteiger partial charge in [0, 0.05) is 20.3 Å². The summed E-state index contributed by atoms with van der Waals surface area (Å²) in [5.74, 6) is -0.357. The maximum atomic E-state index is 11.4. The predicted molar refractivity (Wildman–Crippen MR) is 91.5 cm³/mol. The number of esters is 1. The molecule has 1 aromatic heterocycles. The zero-order chi connectivity index (χ0) is 18.9. The molecule has 0 aliphatic heterocycles. The number of benzene rings is 1. The van der Waals surface area contributed by atoms with Crippen LogP contribution in [0.15, 0.2) is 30.6 Å². The lowest BCUT2D eigenvalue weighted by atomic mass is 10.2. The average Bonchev–Trinajstić information content (AvgIpc) is 2.65. The summed E-state index contributed by atoms with van der Waals surface area (Å²) in [4.78, 5) is 30.0. The summed E-state index contributed by atoms with van der Waals surface area (Å²) in [6.45, 7) is 0.959. The third-order valence-corrected chi connectivity index (χ3v) is 3.28. The van der Waals surface area contributed by atoms with Crippen LogP contribution in [0.1, 0.15) is 16.8 Å². The molecule has 1 N–H and O–H groups in total. The molecule has 138 valence electrons. The van der Waals surface area contributed by atoms with Gasteiger partial charge in [-0.1, -0.05) is 0 Å². The Hall–Kier alpha value is -3.27. The highest BCUT2D eigenvalue weighted by molar-refractivity contribution is 5.89. The lowest BCUT2D eigenvalue weighted by molar-refractivity contribution is -0.385. The molecule has 0 unspecified atom stereocenters. The minimum Gasteiger partial charge on any atom is -0.465 e. The molecular formula is C16H18N4O6. The van der Waals surface area contributed by atoms with Gasteiger partial charge >= 0.3 is 17.5 Å². The van der Waals surface area contributed by atoms with Gasteiger partial charge in [-0.25, -0.2) is 9.78 Å². The maximum absolute atomic E-state index is 11.4. The Bertz CT molecular complexity index is 766. The Morgan fingerprint density at radius 2 is 1.96 bits per heavy atom. The fourth-order valence-electron chi connectivity index (χ4n) is 2.04. The molecule has 1 heterocycles. The zero-order valence-electron chi connectivity index (χ0n) is 14.3. The molecule has 0 saturated heterocycles. The van der Waals surface area contributed by atoms with Crippen LogP contribution in [0, 0.1) is 10.1 Å². The van der Waals surface area contributed by atoms with Crippen molar-refractivity contribution in [3.05, 3.63) is 46.3 Å². The van der Waals surface area contributed by atoms with E-state index < -0.39 is 10.9 Å². The van der Waals surface area contributed by atoms with Crippen LogP contribution in [-0.2, 0) is 9.47 Å². The number of nitrogens with zero attached hydrogens (tertiary/aromatic N) is 3. The molecule has 0 atom stereocenters. The molecule has 0 fully saturated rings. The maximum Gasteiger partial charge on any atom is 0.373 e. The van der Waals surface area contributed by atoms with Crippen LogP contribution < -0.4 is 10.1 Å². The summed E-state index contributed by atoms with van der Waals surface area (Å²) in [6.07, 6.45) is 1.83. The summed E-state index contributed by atoms with van der Waals surface area (Å²) in [6, 6.07) is 5.95. The van der Waals surface area contributed by atoms with E-state index in [4.69, 9.17) is 9.47 Å². The topological polar surface area (TPSA) is 126 Å². The lowest BCUT2D eigenvalue weighted by Gasteiger charge is -2.09. The number of nitro groups is 1. The quantitative estimate of drug-likeness (QED) is 0.310. The molecule has 0 bridgehead atoms. The average molecular weight is 362 g/mol. The van der Waals surface area contributed by atoms with E-state index in [-0.39, 0.29) is 23.1 Å². The molecule has 0 saturated carbocycles. The summed E-state index contributed by atoms with van der Waals surface area (Å²) >= 11 is 0. The Labute approximate surface area is 149 Å². The molecule has 26 heavy (non-hydrogen) atoms. The van der Waals surface area contributed by atoms with E-state index >= 15 is 0 Å². The summed E-state index contributed by atoms with van der Waals surface area (Å²) in [7, 11) is 2.85. The van der Waals surface area contributed by atoms with Crippen LogP contribution >= 0.6 is 0 Å². The second kappa shape index (κ2) is 9.28. The summed E-state index contributed by atoms with van der Waals surface area (Å²) in [5.41, 5.74) is -0.0421. The fraction of sp³-hybridized carbons (Fsp3) is 0.312. The molecule has 0 aliphatic rings. The number of carbonyl (C=O) groups is 1. The Morgan fingerprint density at radius 3 is 2.58 bits per heavy atom. The number of methoxy groups -OCH3 is 2. The first-order valence-electron chi connectivity index (χ1n) is 7.65. The van der Waals surface area contributed by atoms with E-state index in [2.05, 4.69) is 20.0 Å². The van der Waals surface area contributed by atoms with E-state index in [1.165, 1.54) is 37.7 Å². The molecule has 2 rings (SSSR count). The normalized spacial score (nSPS) is 10.2. The molecule has 1 aromatic carbocycles. The minimum absolute atomic E-state index is 0.0577. The largest absolute Gasteiger partial charge is 0.465 e. The zero-order valence-corrected chi connectivity index (χ0v) is 14.3. The van der Waals surface area contributed by atoms with Gasteiger partial charge in [0.25, 0.3) is 0 Å². The van der Waals surface area contributed by atoms with Crippen LogP contribution in [-0.4, -0.2) is 48.2 Å². The summed E-state index contributed by atoms with van der Waals surface area (Å²) < 4.78 is 15.0. The van der Waals surface area contributed by atoms with Crippen LogP contribution in [0.5, 0.6) is 11.6 Å². The van der Waals surface area contributed by atoms with Crippen molar-refractivity contribution >= 4 is 17.5 Å². The van der Waals surface area contributed by atoms with Gasteiger partial charge in [-0.15, -0.1) is 0 Å². The van der Waals surface area contributed by atoms with E-state index in [9.17, 15) is 14.9 Å². The van der Waals surface area contributed by atoms with Gasteiger partial charge in [-0.2, -0.15) is 4.98 Å². The molecule has 0 aliphatic carbocycles. The number of ether oxygens (including phenoxy) is 3. The minimum atomic E-state index is -0.614. The lowest BCUT2D eigenvalue weighted by Crippen LogP contribution is -2.09. The predicted octanol–water partition coefficient (Wildman–Crippen LogP) is 2.41. The number of nitrogens with one attached hydrogen (secondary N) is 1. The first-order chi connectivity index (χ1) is 12.6. The molecular weight excluding hydrogens is 344 g/mol. The SMILES string of the molecule is COCCCNc1ncnc(Oc2ccc(C(=O)OC)cc2)c1[N+](=O)[O-]. The monoisotopic (exact) mass is 362 g/mol. The third kappa shape index (κ3) is 4.86. The first-order valence-corrected chi connectivity index (χ1v) is 7.65. The number of anilines is 1. The number of carbonyl (C=O) groups excluding carboxylic acids is 1. The number of rotatable bonds is 9. The highest BCUT2D eigenvalue weighted by Gasteiger charge is 2.25. The smallest absolute Gasteiger partial charge is 0.373 e. The summed E-state index contributed by atoms with van der Waals surface area (Å²) in [5, 5.41) is 14.3. The van der Waals surface area contributed by atoms with Gasteiger partial charge in [0.05, 0.1) is 17.6 Å². The second-order valence-electron chi connectivity index (χ2n) is 5.02. The molecule has 10 nitrogen and oxygen atoms in total. The van der Waals surface area contributed by atoms with E-state index in [0.29, 0.717) is 25.1 Å². The molecule has 0 amide bonds. The fourth-order valence-corrected chi connectivity index (χ4v) is 2.04. The standard InChI is InChI=1S/C16H18N4O6/c1-24-9-3-8-17-14-13(20(22)23)15(19-10-18-14)26-12-6-4-11(5-7-12)16(21)25-2/h4-7,10H,3,8-9H2,1-2H3,(H,17,18,19). The van der Waals surface area contributed by atoms with E-state index in [0.717, 1.165) is 0 Å². The van der Waals surface area contributed by atoms with Crippen molar-refractivity contribution in [2.75, 3.05) is 32.7 Å². The van der Waals surface area contributed by atoms with Crippen LogP contribution in [0.4, 0.5) is 11.5 Å². The van der Waals surface area contributed by atoms with Gasteiger partial charge in [0.15, 0.2) is 0 Å². The molecule has 0 radical (unpaired) electrons.